The number of para-hydroxylation sites is 1. The van der Waals surface area contributed by atoms with E-state index in [9.17, 15) is 4.79 Å². The Morgan fingerprint density at radius 3 is 2.46 bits per heavy atom. The number of hydrogen-bond acceptors (Lipinski definition) is 2. The largest absolute Gasteiger partial charge is 0.368 e. The molecule has 0 aliphatic rings. The molecule has 0 amide bonds. The third kappa shape index (κ3) is 1.26. The standard InChI is InChI=1S/C9H9N3O/c1-11-7-10-9(13)12(11)8-5-3-2-4-6-8/h2-7H,1H3. The van der Waals surface area contributed by atoms with E-state index in [0.29, 0.717) is 0 Å². The van der Waals surface area contributed by atoms with Crippen LogP contribution in [0.2, 0.25) is 0 Å². The van der Waals surface area contributed by atoms with Gasteiger partial charge in [0.05, 0.1) is 5.69 Å². The Morgan fingerprint density at radius 1 is 1.23 bits per heavy atom. The molecule has 1 aromatic heterocycles. The van der Waals surface area contributed by atoms with E-state index in [1.807, 2.05) is 30.3 Å². The summed E-state index contributed by atoms with van der Waals surface area (Å²) in [6.45, 7) is 0. The van der Waals surface area contributed by atoms with Crippen LogP contribution in [0.4, 0.5) is 0 Å². The molecule has 2 rings (SSSR count). The Labute approximate surface area is 75.1 Å². The van der Waals surface area contributed by atoms with Crippen molar-refractivity contribution in [2.75, 3.05) is 0 Å². The molecule has 4 heteroatoms. The number of aryl methyl sites for hydroxylation is 1. The van der Waals surface area contributed by atoms with Crippen molar-refractivity contribution in [2.45, 2.75) is 0 Å². The zero-order chi connectivity index (χ0) is 9.26. The highest BCUT2D eigenvalue weighted by Crippen LogP contribution is 2.01. The lowest BCUT2D eigenvalue weighted by molar-refractivity contribution is 0.646. The molecule has 0 fully saturated rings. The number of benzene rings is 1. The van der Waals surface area contributed by atoms with Gasteiger partial charge in [-0.3, -0.25) is 4.68 Å². The minimum absolute atomic E-state index is 0.256. The van der Waals surface area contributed by atoms with E-state index in [-0.39, 0.29) is 5.69 Å². The highest BCUT2D eigenvalue weighted by Gasteiger charge is 2.02. The van der Waals surface area contributed by atoms with Gasteiger partial charge in [-0.15, -0.1) is 0 Å². The SMILES string of the molecule is Cn1cnc(=O)n1-c1ccccc1. The minimum Gasteiger partial charge on any atom is -0.269 e. The van der Waals surface area contributed by atoms with Crippen molar-refractivity contribution in [1.82, 2.24) is 14.3 Å². The predicted molar refractivity (Wildman–Crippen MR) is 48.8 cm³/mol. The van der Waals surface area contributed by atoms with Crippen LogP contribution in [0.25, 0.3) is 5.69 Å². The van der Waals surface area contributed by atoms with E-state index in [2.05, 4.69) is 4.98 Å². The quantitative estimate of drug-likeness (QED) is 0.635. The van der Waals surface area contributed by atoms with Crippen molar-refractivity contribution in [3.8, 4) is 5.69 Å². The smallest absolute Gasteiger partial charge is 0.269 e. The van der Waals surface area contributed by atoms with Gasteiger partial charge in [0.25, 0.3) is 0 Å². The molecule has 13 heavy (non-hydrogen) atoms. The van der Waals surface area contributed by atoms with Crippen LogP contribution in [-0.4, -0.2) is 14.3 Å². The Hall–Kier alpha value is -1.84. The second-order valence-electron chi connectivity index (χ2n) is 2.75. The van der Waals surface area contributed by atoms with Crippen LogP contribution in [0.15, 0.2) is 41.5 Å². The minimum atomic E-state index is -0.256. The summed E-state index contributed by atoms with van der Waals surface area (Å²) in [5.74, 6) is 0. The second kappa shape index (κ2) is 2.90. The van der Waals surface area contributed by atoms with Crippen molar-refractivity contribution in [2.24, 2.45) is 7.05 Å². The molecule has 0 aliphatic heterocycles. The number of rotatable bonds is 1. The fraction of sp³-hybridized carbons (Fsp3) is 0.111. The molecular formula is C9H9N3O. The number of nitrogens with zero attached hydrogens (tertiary/aromatic N) is 3. The fourth-order valence-electron chi connectivity index (χ4n) is 1.24. The molecule has 2 aromatic rings. The molecule has 4 nitrogen and oxygen atoms in total. The van der Waals surface area contributed by atoms with Crippen LogP contribution >= 0.6 is 0 Å². The van der Waals surface area contributed by atoms with Crippen molar-refractivity contribution in [3.05, 3.63) is 47.1 Å². The van der Waals surface area contributed by atoms with Gasteiger partial charge >= 0.3 is 5.69 Å². The van der Waals surface area contributed by atoms with E-state index in [0.717, 1.165) is 5.69 Å². The first-order chi connectivity index (χ1) is 6.29. The van der Waals surface area contributed by atoms with Crippen LogP contribution in [0.1, 0.15) is 0 Å². The molecule has 66 valence electrons. The first kappa shape index (κ1) is 7.79. The van der Waals surface area contributed by atoms with Crippen molar-refractivity contribution < 1.29 is 0 Å². The third-order valence-corrected chi connectivity index (χ3v) is 1.83. The van der Waals surface area contributed by atoms with Gasteiger partial charge in [0, 0.05) is 7.05 Å². The predicted octanol–water partition coefficient (Wildman–Crippen LogP) is 0.571. The molecular weight excluding hydrogens is 166 g/mol. The van der Waals surface area contributed by atoms with E-state index < -0.39 is 0 Å². The summed E-state index contributed by atoms with van der Waals surface area (Å²) in [5.41, 5.74) is 0.571. The number of aromatic nitrogens is 3. The summed E-state index contributed by atoms with van der Waals surface area (Å²) in [7, 11) is 1.78. The summed E-state index contributed by atoms with van der Waals surface area (Å²) in [4.78, 5) is 14.9. The van der Waals surface area contributed by atoms with Gasteiger partial charge in [0.2, 0.25) is 0 Å². The summed E-state index contributed by atoms with van der Waals surface area (Å²) in [5, 5.41) is 0. The maximum absolute atomic E-state index is 11.3. The van der Waals surface area contributed by atoms with Crippen LogP contribution < -0.4 is 5.69 Å². The molecule has 0 aliphatic carbocycles. The van der Waals surface area contributed by atoms with Crippen molar-refractivity contribution in [3.63, 3.8) is 0 Å². The molecule has 0 spiro atoms. The van der Waals surface area contributed by atoms with Crippen molar-refractivity contribution in [1.29, 1.82) is 0 Å². The summed E-state index contributed by atoms with van der Waals surface area (Å²) in [6, 6.07) is 9.40. The average molecular weight is 175 g/mol. The van der Waals surface area contributed by atoms with Crippen LogP contribution in [0.3, 0.4) is 0 Å². The van der Waals surface area contributed by atoms with Crippen LogP contribution in [-0.2, 0) is 7.05 Å². The van der Waals surface area contributed by atoms with Gasteiger partial charge in [-0.25, -0.2) is 9.48 Å². The van der Waals surface area contributed by atoms with Gasteiger partial charge in [-0.2, -0.15) is 4.98 Å². The molecule has 0 atom stereocenters. The Morgan fingerprint density at radius 2 is 1.92 bits per heavy atom. The summed E-state index contributed by atoms with van der Waals surface area (Å²) < 4.78 is 3.15. The van der Waals surface area contributed by atoms with Gasteiger partial charge < -0.3 is 0 Å². The Kier molecular flexibility index (Phi) is 1.73. The molecule has 1 heterocycles. The maximum Gasteiger partial charge on any atom is 0.368 e. The average Bonchev–Trinajstić information content (AvgIpc) is 2.48. The lowest BCUT2D eigenvalue weighted by Crippen LogP contribution is -2.19. The summed E-state index contributed by atoms with van der Waals surface area (Å²) >= 11 is 0. The number of hydrogen-bond donors (Lipinski definition) is 0. The molecule has 0 unspecified atom stereocenters. The zero-order valence-corrected chi connectivity index (χ0v) is 7.21. The van der Waals surface area contributed by atoms with E-state index in [4.69, 9.17) is 0 Å². The van der Waals surface area contributed by atoms with Crippen LogP contribution in [0.5, 0.6) is 0 Å². The van der Waals surface area contributed by atoms with E-state index in [1.165, 1.54) is 11.0 Å². The zero-order valence-electron chi connectivity index (χ0n) is 7.21. The lowest BCUT2D eigenvalue weighted by atomic mass is 10.3. The first-order valence-corrected chi connectivity index (χ1v) is 3.95. The molecule has 0 radical (unpaired) electrons. The lowest BCUT2D eigenvalue weighted by Gasteiger charge is -2.03. The normalized spacial score (nSPS) is 10.2. The molecule has 0 saturated heterocycles. The highest BCUT2D eigenvalue weighted by atomic mass is 16.2. The van der Waals surface area contributed by atoms with Gasteiger partial charge in [-0.1, -0.05) is 18.2 Å². The molecule has 0 bridgehead atoms. The third-order valence-electron chi connectivity index (χ3n) is 1.83. The second-order valence-corrected chi connectivity index (χ2v) is 2.75. The Bertz CT molecular complexity index is 455. The van der Waals surface area contributed by atoms with Gasteiger partial charge in [0.1, 0.15) is 6.33 Å². The maximum atomic E-state index is 11.3. The highest BCUT2D eigenvalue weighted by molar-refractivity contribution is 5.29. The summed E-state index contributed by atoms with van der Waals surface area (Å²) in [6.07, 6.45) is 1.50. The van der Waals surface area contributed by atoms with E-state index in [1.54, 1.807) is 11.7 Å². The Balaban J connectivity index is 2.65. The van der Waals surface area contributed by atoms with Gasteiger partial charge in [0.15, 0.2) is 0 Å². The van der Waals surface area contributed by atoms with Gasteiger partial charge in [-0.05, 0) is 12.1 Å². The fourth-order valence-corrected chi connectivity index (χ4v) is 1.24. The van der Waals surface area contributed by atoms with E-state index >= 15 is 0 Å². The molecule has 1 aromatic carbocycles. The molecule has 0 N–H and O–H groups in total. The monoisotopic (exact) mass is 175 g/mol. The van der Waals surface area contributed by atoms with Crippen molar-refractivity contribution >= 4 is 0 Å². The molecule has 0 saturated carbocycles. The van der Waals surface area contributed by atoms with Crippen LogP contribution in [0, 0.1) is 0 Å². The topological polar surface area (TPSA) is 39.8 Å². The first-order valence-electron chi connectivity index (χ1n) is 3.95.